The summed E-state index contributed by atoms with van der Waals surface area (Å²) >= 11 is 0. The first-order valence-electron chi connectivity index (χ1n) is 12.7. The van der Waals surface area contributed by atoms with Crippen molar-refractivity contribution < 1.29 is 0 Å². The van der Waals surface area contributed by atoms with Crippen LogP contribution in [0.25, 0.3) is 44.2 Å². The number of hydrogen-bond donors (Lipinski definition) is 0. The quantitative estimate of drug-likeness (QED) is 0.259. The monoisotopic (exact) mass is 451 g/mol. The van der Waals surface area contributed by atoms with E-state index in [1.54, 1.807) is 0 Å². The fourth-order valence-corrected chi connectivity index (χ4v) is 6.56. The smallest absolute Gasteiger partial charge is 0.0493 e. The zero-order chi connectivity index (χ0) is 23.9. The molecule has 7 rings (SSSR count). The van der Waals surface area contributed by atoms with Crippen molar-refractivity contribution in [3.8, 4) is 33.4 Å². The summed E-state index contributed by atoms with van der Waals surface area (Å²) < 4.78 is 0. The van der Waals surface area contributed by atoms with Gasteiger partial charge in [-0.05, 0) is 81.9 Å². The molecule has 2 aliphatic carbocycles. The van der Waals surface area contributed by atoms with E-state index in [1.165, 1.54) is 66.7 Å². The summed E-state index contributed by atoms with van der Waals surface area (Å²) in [4.78, 5) is 2.52. The van der Waals surface area contributed by atoms with Gasteiger partial charge in [0, 0.05) is 28.2 Å². The summed E-state index contributed by atoms with van der Waals surface area (Å²) in [7, 11) is 0. The van der Waals surface area contributed by atoms with Crippen molar-refractivity contribution in [2.45, 2.75) is 39.2 Å². The third kappa shape index (κ3) is 2.70. The molecular formula is C34H29N. The molecule has 0 saturated carbocycles. The van der Waals surface area contributed by atoms with Crippen LogP contribution in [0.15, 0.2) is 97.1 Å². The van der Waals surface area contributed by atoms with Gasteiger partial charge in [-0.15, -0.1) is 0 Å². The normalized spacial score (nSPS) is 14.2. The van der Waals surface area contributed by atoms with Crippen molar-refractivity contribution >= 4 is 22.1 Å². The first-order valence-corrected chi connectivity index (χ1v) is 12.7. The van der Waals surface area contributed by atoms with E-state index in [9.17, 15) is 0 Å². The lowest BCUT2D eigenvalue weighted by Gasteiger charge is -2.32. The highest BCUT2D eigenvalue weighted by molar-refractivity contribution is 6.18. The van der Waals surface area contributed by atoms with Crippen molar-refractivity contribution in [3.63, 3.8) is 0 Å². The fraction of sp³-hybridized carbons (Fsp3) is 0.176. The molecule has 170 valence electrons. The molecule has 0 saturated heterocycles. The summed E-state index contributed by atoms with van der Waals surface area (Å²) in [6.45, 7) is 9.31. The fourth-order valence-electron chi connectivity index (χ4n) is 6.56. The van der Waals surface area contributed by atoms with E-state index in [4.69, 9.17) is 0 Å². The molecule has 0 atom stereocenters. The Morgan fingerprint density at radius 3 is 1.91 bits per heavy atom. The highest BCUT2D eigenvalue weighted by Crippen LogP contribution is 2.52. The van der Waals surface area contributed by atoms with Gasteiger partial charge in [-0.1, -0.05) is 92.7 Å². The second kappa shape index (κ2) is 7.09. The molecule has 2 aliphatic rings. The second-order valence-electron chi connectivity index (χ2n) is 10.8. The molecule has 0 fully saturated rings. The van der Waals surface area contributed by atoms with E-state index in [2.05, 4.69) is 130 Å². The van der Waals surface area contributed by atoms with Gasteiger partial charge < -0.3 is 4.90 Å². The summed E-state index contributed by atoms with van der Waals surface area (Å²) in [5, 5.41) is 2.71. The molecule has 0 aliphatic heterocycles. The van der Waals surface area contributed by atoms with Gasteiger partial charge in [-0.3, -0.25) is 0 Å². The SMILES string of the molecule is CC(C)N(c1ccc2c(c1)C(C)(C)c1ccccc1-2)c1ccc2c3c(cccc13)-c1ccccc1-2. The summed E-state index contributed by atoms with van der Waals surface area (Å²) in [6, 6.07) is 36.5. The molecule has 0 aromatic heterocycles. The lowest BCUT2D eigenvalue weighted by molar-refractivity contribution is 0.659. The predicted octanol–water partition coefficient (Wildman–Crippen LogP) is 9.34. The van der Waals surface area contributed by atoms with Crippen LogP contribution in [0.4, 0.5) is 11.4 Å². The minimum atomic E-state index is -0.00571. The number of benzene rings is 5. The van der Waals surface area contributed by atoms with Gasteiger partial charge in [-0.2, -0.15) is 0 Å². The first-order chi connectivity index (χ1) is 17.0. The Kier molecular flexibility index (Phi) is 4.16. The lowest BCUT2D eigenvalue weighted by atomic mass is 9.82. The van der Waals surface area contributed by atoms with Crippen LogP contribution in [0, 0.1) is 0 Å². The maximum absolute atomic E-state index is 2.52. The van der Waals surface area contributed by atoms with Crippen LogP contribution in [0.3, 0.4) is 0 Å². The molecule has 5 aromatic rings. The second-order valence-corrected chi connectivity index (χ2v) is 10.8. The summed E-state index contributed by atoms with van der Waals surface area (Å²) in [5.74, 6) is 0. The van der Waals surface area contributed by atoms with E-state index in [1.807, 2.05) is 0 Å². The number of nitrogens with zero attached hydrogens (tertiary/aromatic N) is 1. The third-order valence-corrected chi connectivity index (χ3v) is 8.15. The Balaban J connectivity index is 1.43. The molecule has 0 radical (unpaired) electrons. The Labute approximate surface area is 207 Å². The third-order valence-electron chi connectivity index (χ3n) is 8.15. The van der Waals surface area contributed by atoms with E-state index < -0.39 is 0 Å². The molecule has 0 N–H and O–H groups in total. The minimum absolute atomic E-state index is 0.00571. The Morgan fingerprint density at radius 1 is 0.571 bits per heavy atom. The largest absolute Gasteiger partial charge is 0.338 e. The van der Waals surface area contributed by atoms with Crippen LogP contribution in [-0.4, -0.2) is 6.04 Å². The summed E-state index contributed by atoms with van der Waals surface area (Å²) in [5.41, 5.74) is 13.5. The van der Waals surface area contributed by atoms with E-state index in [-0.39, 0.29) is 5.41 Å². The van der Waals surface area contributed by atoms with Gasteiger partial charge in [0.05, 0.1) is 0 Å². The number of fused-ring (bicyclic) bond motifs is 6. The zero-order valence-electron chi connectivity index (χ0n) is 20.8. The minimum Gasteiger partial charge on any atom is -0.338 e. The average Bonchev–Trinajstić information content (AvgIpc) is 3.31. The van der Waals surface area contributed by atoms with E-state index in [0.717, 1.165) is 0 Å². The van der Waals surface area contributed by atoms with E-state index in [0.29, 0.717) is 6.04 Å². The van der Waals surface area contributed by atoms with Gasteiger partial charge in [0.25, 0.3) is 0 Å². The van der Waals surface area contributed by atoms with Crippen molar-refractivity contribution in [3.05, 3.63) is 108 Å². The van der Waals surface area contributed by atoms with E-state index >= 15 is 0 Å². The maximum Gasteiger partial charge on any atom is 0.0493 e. The predicted molar refractivity (Wildman–Crippen MR) is 150 cm³/mol. The first kappa shape index (κ1) is 20.5. The molecular weight excluding hydrogens is 422 g/mol. The maximum atomic E-state index is 2.52. The molecule has 0 bridgehead atoms. The molecule has 0 spiro atoms. The molecule has 0 heterocycles. The van der Waals surface area contributed by atoms with Crippen LogP contribution in [0.1, 0.15) is 38.8 Å². The molecule has 0 amide bonds. The van der Waals surface area contributed by atoms with Gasteiger partial charge in [-0.25, -0.2) is 0 Å². The number of hydrogen-bond acceptors (Lipinski definition) is 1. The van der Waals surface area contributed by atoms with Crippen molar-refractivity contribution in [1.82, 2.24) is 0 Å². The topological polar surface area (TPSA) is 3.24 Å². The van der Waals surface area contributed by atoms with Crippen molar-refractivity contribution in [1.29, 1.82) is 0 Å². The van der Waals surface area contributed by atoms with Gasteiger partial charge in [0.1, 0.15) is 0 Å². The van der Waals surface area contributed by atoms with Crippen LogP contribution in [-0.2, 0) is 5.41 Å². The number of anilines is 2. The van der Waals surface area contributed by atoms with Crippen molar-refractivity contribution in [2.24, 2.45) is 0 Å². The molecule has 35 heavy (non-hydrogen) atoms. The van der Waals surface area contributed by atoms with Crippen LogP contribution >= 0.6 is 0 Å². The molecule has 0 unspecified atom stereocenters. The average molecular weight is 452 g/mol. The van der Waals surface area contributed by atoms with Crippen LogP contribution < -0.4 is 4.90 Å². The van der Waals surface area contributed by atoms with Crippen molar-refractivity contribution in [2.75, 3.05) is 4.90 Å². The lowest BCUT2D eigenvalue weighted by Crippen LogP contribution is -2.26. The van der Waals surface area contributed by atoms with Gasteiger partial charge in [0.15, 0.2) is 0 Å². The molecule has 5 aromatic carbocycles. The molecule has 1 heteroatoms. The highest BCUT2D eigenvalue weighted by atomic mass is 15.2. The standard InChI is InChI=1S/C34H29N/c1-21(2)35(22-16-17-26-25-12-7-8-15-30(25)34(3,4)31(26)20-22)32-19-18-28-24-11-6-5-10-23(24)27-13-9-14-29(32)33(27)28/h5-21H,1-4H3. The Bertz CT molecular complexity index is 1620. The zero-order valence-corrected chi connectivity index (χ0v) is 20.8. The summed E-state index contributed by atoms with van der Waals surface area (Å²) in [6.07, 6.45) is 0. The Morgan fingerprint density at radius 2 is 1.17 bits per heavy atom. The number of rotatable bonds is 3. The Hall–Kier alpha value is -3.84. The van der Waals surface area contributed by atoms with Crippen LogP contribution in [0.5, 0.6) is 0 Å². The highest BCUT2D eigenvalue weighted by Gasteiger charge is 2.36. The van der Waals surface area contributed by atoms with Gasteiger partial charge >= 0.3 is 0 Å². The molecule has 1 nitrogen and oxygen atoms in total. The van der Waals surface area contributed by atoms with Gasteiger partial charge in [0.2, 0.25) is 0 Å². The van der Waals surface area contributed by atoms with Crippen LogP contribution in [0.2, 0.25) is 0 Å².